The van der Waals surface area contributed by atoms with Crippen molar-refractivity contribution in [1.82, 2.24) is 9.80 Å². The van der Waals surface area contributed by atoms with Gasteiger partial charge in [-0.1, -0.05) is 11.6 Å². The van der Waals surface area contributed by atoms with Crippen molar-refractivity contribution < 1.29 is 9.90 Å². The molecule has 1 aromatic carbocycles. The third kappa shape index (κ3) is 3.23. The molecule has 1 amide bonds. The van der Waals surface area contributed by atoms with Gasteiger partial charge in [-0.15, -0.1) is 0 Å². The quantitative estimate of drug-likeness (QED) is 0.909. The van der Waals surface area contributed by atoms with Crippen molar-refractivity contribution in [2.75, 3.05) is 26.2 Å². The minimum Gasteiger partial charge on any atom is -0.391 e. The van der Waals surface area contributed by atoms with Crippen LogP contribution in [0.2, 0.25) is 5.02 Å². The largest absolute Gasteiger partial charge is 0.391 e. The van der Waals surface area contributed by atoms with Crippen LogP contribution in [-0.4, -0.2) is 59.1 Å². The second kappa shape index (κ2) is 6.34. The molecule has 0 bridgehead atoms. The maximum absolute atomic E-state index is 12.4. The lowest BCUT2D eigenvalue weighted by atomic mass is 10.1. The molecular formula is C16H21ClN2O2. The molecule has 1 N–H and O–H groups in total. The molecule has 0 unspecified atom stereocenters. The van der Waals surface area contributed by atoms with Gasteiger partial charge in [0.1, 0.15) is 0 Å². The van der Waals surface area contributed by atoms with Crippen LogP contribution in [0.1, 0.15) is 29.6 Å². The summed E-state index contributed by atoms with van der Waals surface area (Å²) in [5.74, 6) is 0.0679. The molecule has 5 heteroatoms. The Kier molecular flexibility index (Phi) is 4.48. The summed E-state index contributed by atoms with van der Waals surface area (Å²) >= 11 is 5.85. The molecule has 3 rings (SSSR count). The number of aliphatic hydroxyl groups excluding tert-OH is 1. The number of benzene rings is 1. The van der Waals surface area contributed by atoms with Crippen LogP contribution in [-0.2, 0) is 0 Å². The average molecular weight is 309 g/mol. The Labute approximate surface area is 130 Å². The van der Waals surface area contributed by atoms with Crippen LogP contribution in [0.5, 0.6) is 0 Å². The fourth-order valence-corrected chi connectivity index (χ4v) is 3.50. The molecule has 21 heavy (non-hydrogen) atoms. The number of hydrogen-bond donors (Lipinski definition) is 1. The van der Waals surface area contributed by atoms with Crippen LogP contribution >= 0.6 is 11.6 Å². The zero-order valence-corrected chi connectivity index (χ0v) is 12.8. The van der Waals surface area contributed by atoms with E-state index in [1.807, 2.05) is 4.90 Å². The molecule has 1 saturated carbocycles. The van der Waals surface area contributed by atoms with Gasteiger partial charge in [-0.05, 0) is 43.5 Å². The first-order valence-electron chi connectivity index (χ1n) is 7.62. The number of halogens is 1. The molecule has 1 aliphatic heterocycles. The molecule has 1 aliphatic carbocycles. The monoisotopic (exact) mass is 308 g/mol. The average Bonchev–Trinajstić information content (AvgIpc) is 2.94. The summed E-state index contributed by atoms with van der Waals surface area (Å²) in [6.45, 7) is 3.15. The summed E-state index contributed by atoms with van der Waals surface area (Å²) in [5, 5.41) is 10.6. The minimum absolute atomic E-state index is 0.0679. The number of hydrogen-bond acceptors (Lipinski definition) is 3. The molecule has 114 valence electrons. The predicted octanol–water partition coefficient (Wildman–Crippen LogP) is 2.01. The molecule has 0 radical (unpaired) electrons. The Morgan fingerprint density at radius 3 is 2.33 bits per heavy atom. The van der Waals surface area contributed by atoms with E-state index in [-0.39, 0.29) is 18.1 Å². The van der Waals surface area contributed by atoms with Crippen molar-refractivity contribution in [3.05, 3.63) is 34.9 Å². The Morgan fingerprint density at radius 2 is 1.76 bits per heavy atom. The Bertz CT molecular complexity index is 498. The molecule has 2 aliphatic rings. The highest BCUT2D eigenvalue weighted by atomic mass is 35.5. The minimum atomic E-state index is -0.191. The van der Waals surface area contributed by atoms with E-state index in [2.05, 4.69) is 4.90 Å². The third-order valence-corrected chi connectivity index (χ3v) is 4.86. The molecule has 2 fully saturated rings. The molecule has 1 saturated heterocycles. The second-order valence-corrected chi connectivity index (χ2v) is 6.34. The van der Waals surface area contributed by atoms with Crippen LogP contribution in [0.4, 0.5) is 0 Å². The van der Waals surface area contributed by atoms with Gasteiger partial charge < -0.3 is 10.0 Å². The Morgan fingerprint density at radius 1 is 1.10 bits per heavy atom. The number of nitrogens with zero attached hydrogens (tertiary/aromatic N) is 2. The molecule has 1 heterocycles. The number of rotatable bonds is 2. The maximum atomic E-state index is 12.4. The van der Waals surface area contributed by atoms with Gasteiger partial charge in [-0.25, -0.2) is 0 Å². The van der Waals surface area contributed by atoms with Crippen LogP contribution in [0.15, 0.2) is 24.3 Å². The summed E-state index contributed by atoms with van der Waals surface area (Å²) in [5.41, 5.74) is 0.689. The first kappa shape index (κ1) is 14.8. The van der Waals surface area contributed by atoms with Gasteiger partial charge in [0.15, 0.2) is 0 Å². The number of carbonyl (C=O) groups is 1. The van der Waals surface area contributed by atoms with Gasteiger partial charge in [-0.2, -0.15) is 0 Å². The summed E-state index contributed by atoms with van der Waals surface area (Å²) in [6.07, 6.45) is 2.90. The van der Waals surface area contributed by atoms with E-state index in [9.17, 15) is 9.90 Å². The van der Waals surface area contributed by atoms with E-state index in [1.165, 1.54) is 0 Å². The Hall–Kier alpha value is -1.10. The first-order valence-corrected chi connectivity index (χ1v) is 8.00. The molecule has 0 spiro atoms. The lowest BCUT2D eigenvalue weighted by Crippen LogP contribution is -2.53. The van der Waals surface area contributed by atoms with Crippen LogP contribution < -0.4 is 0 Å². The third-order valence-electron chi connectivity index (χ3n) is 4.61. The summed E-state index contributed by atoms with van der Waals surface area (Å²) in [7, 11) is 0. The van der Waals surface area contributed by atoms with E-state index < -0.39 is 0 Å². The van der Waals surface area contributed by atoms with Gasteiger partial charge >= 0.3 is 0 Å². The molecule has 2 atom stereocenters. The molecule has 1 aromatic rings. The fourth-order valence-electron chi connectivity index (χ4n) is 3.38. The van der Waals surface area contributed by atoms with E-state index in [1.54, 1.807) is 24.3 Å². The SMILES string of the molecule is O=C(c1ccc(Cl)cc1)N1CCN([C@@H]2CCC[C@@H]2O)CC1. The highest BCUT2D eigenvalue weighted by Crippen LogP contribution is 2.25. The van der Waals surface area contributed by atoms with Crippen molar-refractivity contribution in [1.29, 1.82) is 0 Å². The van der Waals surface area contributed by atoms with Crippen molar-refractivity contribution in [3.63, 3.8) is 0 Å². The van der Waals surface area contributed by atoms with Crippen molar-refractivity contribution in [2.45, 2.75) is 31.4 Å². The summed E-state index contributed by atoms with van der Waals surface area (Å²) in [6, 6.07) is 7.34. The van der Waals surface area contributed by atoms with Crippen LogP contribution in [0.3, 0.4) is 0 Å². The van der Waals surface area contributed by atoms with Crippen LogP contribution in [0, 0.1) is 0 Å². The first-order chi connectivity index (χ1) is 10.1. The number of aliphatic hydroxyl groups is 1. The standard InChI is InChI=1S/C16H21ClN2O2/c17-13-6-4-12(5-7-13)16(21)19-10-8-18(9-11-19)14-2-1-3-15(14)20/h4-7,14-15,20H,1-3,8-11H2/t14-,15+/m1/s1. The van der Waals surface area contributed by atoms with E-state index in [0.29, 0.717) is 10.6 Å². The molecule has 0 aromatic heterocycles. The van der Waals surface area contributed by atoms with Crippen molar-refractivity contribution >= 4 is 17.5 Å². The Balaban J connectivity index is 1.58. The fraction of sp³-hybridized carbons (Fsp3) is 0.562. The highest BCUT2D eigenvalue weighted by Gasteiger charge is 2.33. The molecular weight excluding hydrogens is 288 g/mol. The van der Waals surface area contributed by atoms with Crippen molar-refractivity contribution in [2.24, 2.45) is 0 Å². The lowest BCUT2D eigenvalue weighted by molar-refractivity contribution is 0.0315. The smallest absolute Gasteiger partial charge is 0.253 e. The van der Waals surface area contributed by atoms with Crippen molar-refractivity contribution in [3.8, 4) is 0 Å². The number of amides is 1. The zero-order valence-electron chi connectivity index (χ0n) is 12.0. The summed E-state index contributed by atoms with van der Waals surface area (Å²) in [4.78, 5) is 16.6. The maximum Gasteiger partial charge on any atom is 0.253 e. The summed E-state index contributed by atoms with van der Waals surface area (Å²) < 4.78 is 0. The van der Waals surface area contributed by atoms with E-state index in [0.717, 1.165) is 45.4 Å². The van der Waals surface area contributed by atoms with Gasteiger partial charge in [-0.3, -0.25) is 9.69 Å². The highest BCUT2D eigenvalue weighted by molar-refractivity contribution is 6.30. The van der Waals surface area contributed by atoms with Gasteiger partial charge in [0.25, 0.3) is 5.91 Å². The predicted molar refractivity (Wildman–Crippen MR) is 82.6 cm³/mol. The topological polar surface area (TPSA) is 43.8 Å². The number of carbonyl (C=O) groups excluding carboxylic acids is 1. The van der Waals surface area contributed by atoms with Gasteiger partial charge in [0.2, 0.25) is 0 Å². The number of piperazine rings is 1. The molecule has 4 nitrogen and oxygen atoms in total. The zero-order chi connectivity index (χ0) is 14.8. The normalized spacial score (nSPS) is 27.0. The van der Waals surface area contributed by atoms with Gasteiger partial charge in [0.05, 0.1) is 6.10 Å². The van der Waals surface area contributed by atoms with E-state index >= 15 is 0 Å². The van der Waals surface area contributed by atoms with E-state index in [4.69, 9.17) is 11.6 Å². The van der Waals surface area contributed by atoms with Gasteiger partial charge in [0, 0.05) is 42.8 Å². The van der Waals surface area contributed by atoms with Crippen LogP contribution in [0.25, 0.3) is 0 Å². The second-order valence-electron chi connectivity index (χ2n) is 5.90. The lowest BCUT2D eigenvalue weighted by Gasteiger charge is -2.39.